The minimum absolute atomic E-state index is 0.0117. The Morgan fingerprint density at radius 2 is 2.15 bits per heavy atom. The Bertz CT molecular complexity index is 183. The number of hydrogen-bond acceptors (Lipinski definition) is 2. The Kier molecular flexibility index (Phi) is 4.74. The van der Waals surface area contributed by atoms with Crippen LogP contribution in [0.2, 0.25) is 0 Å². The number of carbonyl (C=O) groups excluding carboxylic acids is 1. The predicted molar refractivity (Wildman–Crippen MR) is 54.4 cm³/mol. The second kappa shape index (κ2) is 5.05. The number of ether oxygens (including phenoxy) is 1. The largest absolute Gasteiger partial charge is 0.458 e. The van der Waals surface area contributed by atoms with Crippen LogP contribution in [0, 0.1) is 5.41 Å². The fourth-order valence-corrected chi connectivity index (χ4v) is 1.49. The highest BCUT2D eigenvalue weighted by Crippen LogP contribution is 2.29. The molecule has 0 fully saturated rings. The lowest BCUT2D eigenvalue weighted by atomic mass is 9.82. The molecule has 0 radical (unpaired) electrons. The summed E-state index contributed by atoms with van der Waals surface area (Å²) >= 11 is 0. The Labute approximate surface area is 81.0 Å². The molecule has 1 unspecified atom stereocenters. The molecule has 0 aromatic rings. The van der Waals surface area contributed by atoms with Gasteiger partial charge in [0.25, 0.3) is 0 Å². The molecule has 0 N–H and O–H groups in total. The average molecular weight is 184 g/mol. The zero-order valence-corrected chi connectivity index (χ0v) is 9.09. The van der Waals surface area contributed by atoms with Crippen LogP contribution in [-0.2, 0) is 9.53 Å². The Hall–Kier alpha value is -0.790. The highest BCUT2D eigenvalue weighted by atomic mass is 16.5. The Morgan fingerprint density at radius 1 is 1.62 bits per heavy atom. The molecule has 0 heterocycles. The molecule has 76 valence electrons. The SMILES string of the molecule is C=CC(OC(C)=O)C(C)(C)CCC. The molecule has 1 atom stereocenters. The van der Waals surface area contributed by atoms with Gasteiger partial charge in [-0.3, -0.25) is 4.79 Å². The molecular formula is C11H20O2. The molecule has 13 heavy (non-hydrogen) atoms. The van der Waals surface area contributed by atoms with Crippen LogP contribution in [0.3, 0.4) is 0 Å². The van der Waals surface area contributed by atoms with E-state index < -0.39 is 0 Å². The van der Waals surface area contributed by atoms with Crippen molar-refractivity contribution in [2.45, 2.75) is 46.6 Å². The molecule has 0 spiro atoms. The van der Waals surface area contributed by atoms with Gasteiger partial charge in [0, 0.05) is 12.3 Å². The van der Waals surface area contributed by atoms with Crippen molar-refractivity contribution in [1.29, 1.82) is 0 Å². The van der Waals surface area contributed by atoms with Gasteiger partial charge >= 0.3 is 5.97 Å². The summed E-state index contributed by atoms with van der Waals surface area (Å²) in [6.07, 6.45) is 3.64. The molecule has 0 aliphatic rings. The summed E-state index contributed by atoms with van der Waals surface area (Å²) in [6, 6.07) is 0. The summed E-state index contributed by atoms with van der Waals surface area (Å²) in [6.45, 7) is 11.4. The van der Waals surface area contributed by atoms with Gasteiger partial charge in [0.05, 0.1) is 0 Å². The van der Waals surface area contributed by atoms with E-state index in [1.54, 1.807) is 6.08 Å². The monoisotopic (exact) mass is 184 g/mol. The maximum absolute atomic E-state index is 10.8. The van der Waals surface area contributed by atoms with Gasteiger partial charge in [0.15, 0.2) is 0 Å². The van der Waals surface area contributed by atoms with E-state index in [-0.39, 0.29) is 17.5 Å². The van der Waals surface area contributed by atoms with Crippen molar-refractivity contribution in [1.82, 2.24) is 0 Å². The van der Waals surface area contributed by atoms with Crippen molar-refractivity contribution >= 4 is 5.97 Å². The van der Waals surface area contributed by atoms with E-state index in [9.17, 15) is 4.79 Å². The third kappa shape index (κ3) is 4.11. The van der Waals surface area contributed by atoms with E-state index in [0.29, 0.717) is 0 Å². The Morgan fingerprint density at radius 3 is 2.46 bits per heavy atom. The van der Waals surface area contributed by atoms with E-state index in [1.165, 1.54) is 6.92 Å². The van der Waals surface area contributed by atoms with Gasteiger partial charge in [-0.25, -0.2) is 0 Å². The summed E-state index contributed by atoms with van der Waals surface area (Å²) in [5.74, 6) is -0.242. The van der Waals surface area contributed by atoms with Gasteiger partial charge in [0.2, 0.25) is 0 Å². The van der Waals surface area contributed by atoms with Crippen LogP contribution < -0.4 is 0 Å². The molecule has 0 aliphatic carbocycles. The van der Waals surface area contributed by atoms with Crippen LogP contribution in [-0.4, -0.2) is 12.1 Å². The first-order valence-electron chi connectivity index (χ1n) is 4.73. The van der Waals surface area contributed by atoms with Crippen molar-refractivity contribution in [3.63, 3.8) is 0 Å². The first kappa shape index (κ1) is 12.2. The second-order valence-corrected chi connectivity index (χ2v) is 4.00. The van der Waals surface area contributed by atoms with Crippen LogP contribution >= 0.6 is 0 Å². The highest BCUT2D eigenvalue weighted by Gasteiger charge is 2.28. The van der Waals surface area contributed by atoms with Crippen molar-refractivity contribution < 1.29 is 9.53 Å². The lowest BCUT2D eigenvalue weighted by molar-refractivity contribution is -0.149. The van der Waals surface area contributed by atoms with Crippen molar-refractivity contribution in [2.24, 2.45) is 5.41 Å². The van der Waals surface area contributed by atoms with Crippen LogP contribution in [0.4, 0.5) is 0 Å². The smallest absolute Gasteiger partial charge is 0.303 e. The first-order chi connectivity index (χ1) is 5.94. The van der Waals surface area contributed by atoms with Gasteiger partial charge in [-0.2, -0.15) is 0 Å². The van der Waals surface area contributed by atoms with Crippen molar-refractivity contribution in [3.05, 3.63) is 12.7 Å². The first-order valence-corrected chi connectivity index (χ1v) is 4.73. The minimum Gasteiger partial charge on any atom is -0.458 e. The molecule has 0 bridgehead atoms. The zero-order valence-electron chi connectivity index (χ0n) is 9.09. The van der Waals surface area contributed by atoms with Gasteiger partial charge in [-0.15, -0.1) is 0 Å². The van der Waals surface area contributed by atoms with Gasteiger partial charge < -0.3 is 4.74 Å². The molecule has 0 amide bonds. The van der Waals surface area contributed by atoms with Crippen LogP contribution in [0.1, 0.15) is 40.5 Å². The predicted octanol–water partition coefficient (Wildman–Crippen LogP) is 2.93. The Balaban J connectivity index is 4.36. The molecular weight excluding hydrogens is 164 g/mol. The van der Waals surface area contributed by atoms with Crippen molar-refractivity contribution in [2.75, 3.05) is 0 Å². The molecule has 0 saturated carbocycles. The summed E-state index contributed by atoms with van der Waals surface area (Å²) < 4.78 is 5.16. The summed E-state index contributed by atoms with van der Waals surface area (Å²) in [4.78, 5) is 10.8. The number of hydrogen-bond donors (Lipinski definition) is 0. The van der Waals surface area contributed by atoms with E-state index in [2.05, 4.69) is 27.4 Å². The average Bonchev–Trinajstić information content (AvgIpc) is 1.99. The molecule has 0 aliphatic heterocycles. The zero-order chi connectivity index (χ0) is 10.5. The van der Waals surface area contributed by atoms with E-state index in [4.69, 9.17) is 4.74 Å². The van der Waals surface area contributed by atoms with E-state index in [1.807, 2.05) is 0 Å². The molecule has 0 aromatic heterocycles. The topological polar surface area (TPSA) is 26.3 Å². The van der Waals surface area contributed by atoms with Crippen molar-refractivity contribution in [3.8, 4) is 0 Å². The second-order valence-electron chi connectivity index (χ2n) is 4.00. The number of esters is 1. The normalized spacial score (nSPS) is 13.5. The molecule has 0 rings (SSSR count). The number of rotatable bonds is 5. The summed E-state index contributed by atoms with van der Waals surface area (Å²) in [5.41, 5.74) is -0.0117. The molecule has 0 aromatic carbocycles. The fraction of sp³-hybridized carbons (Fsp3) is 0.727. The van der Waals surface area contributed by atoms with E-state index in [0.717, 1.165) is 12.8 Å². The minimum atomic E-state index is -0.242. The maximum Gasteiger partial charge on any atom is 0.303 e. The van der Waals surface area contributed by atoms with Gasteiger partial charge in [-0.05, 0) is 6.42 Å². The third-order valence-electron chi connectivity index (χ3n) is 2.17. The quantitative estimate of drug-likeness (QED) is 0.485. The molecule has 2 nitrogen and oxygen atoms in total. The van der Waals surface area contributed by atoms with Crippen LogP contribution in [0.15, 0.2) is 12.7 Å². The summed E-state index contributed by atoms with van der Waals surface area (Å²) in [7, 11) is 0. The fourth-order valence-electron chi connectivity index (χ4n) is 1.49. The van der Waals surface area contributed by atoms with Crippen LogP contribution in [0.5, 0.6) is 0 Å². The van der Waals surface area contributed by atoms with Gasteiger partial charge in [-0.1, -0.05) is 39.8 Å². The highest BCUT2D eigenvalue weighted by molar-refractivity contribution is 5.66. The maximum atomic E-state index is 10.8. The standard InChI is InChI=1S/C11H20O2/c1-6-8-11(4,5)10(7-2)13-9(3)12/h7,10H,2,6,8H2,1,3-5H3. The number of carbonyl (C=O) groups is 1. The summed E-state index contributed by atoms with van der Waals surface area (Å²) in [5, 5.41) is 0. The lowest BCUT2D eigenvalue weighted by Gasteiger charge is -2.31. The molecule has 0 saturated heterocycles. The van der Waals surface area contributed by atoms with E-state index >= 15 is 0 Å². The lowest BCUT2D eigenvalue weighted by Crippen LogP contribution is -2.31. The third-order valence-corrected chi connectivity index (χ3v) is 2.17. The molecule has 2 heteroatoms. The van der Waals surface area contributed by atoms with Gasteiger partial charge in [0.1, 0.15) is 6.10 Å². The van der Waals surface area contributed by atoms with Crippen LogP contribution in [0.25, 0.3) is 0 Å².